The summed E-state index contributed by atoms with van der Waals surface area (Å²) < 4.78 is 22.7. The van der Waals surface area contributed by atoms with Crippen LogP contribution in [-0.4, -0.2) is 19.7 Å². The zero-order valence-corrected chi connectivity index (χ0v) is 11.4. The van der Waals surface area contributed by atoms with Gasteiger partial charge in [0, 0.05) is 11.6 Å². The van der Waals surface area contributed by atoms with Crippen LogP contribution in [0.25, 0.3) is 0 Å². The average molecular weight is 283 g/mol. The van der Waals surface area contributed by atoms with Crippen LogP contribution in [0.5, 0.6) is 0 Å². The first-order chi connectivity index (χ1) is 8.47. The van der Waals surface area contributed by atoms with Gasteiger partial charge >= 0.3 is 0 Å². The fourth-order valence-electron chi connectivity index (χ4n) is 1.44. The van der Waals surface area contributed by atoms with E-state index in [4.69, 9.17) is 5.73 Å². The van der Waals surface area contributed by atoms with Gasteiger partial charge in [-0.3, -0.25) is 0 Å². The van der Waals surface area contributed by atoms with Gasteiger partial charge in [0.25, 0.3) is 0 Å². The number of thiazole rings is 1. The molecular weight excluding hydrogens is 270 g/mol. The second kappa shape index (κ2) is 4.95. The highest BCUT2D eigenvalue weighted by atomic mass is 32.2. The molecule has 0 bridgehead atoms. The van der Waals surface area contributed by atoms with Gasteiger partial charge in [0.15, 0.2) is 9.84 Å². The lowest BCUT2D eigenvalue weighted by Gasteiger charge is -2.09. The maximum absolute atomic E-state index is 11.4. The van der Waals surface area contributed by atoms with Crippen LogP contribution in [0, 0.1) is 0 Å². The lowest BCUT2D eigenvalue weighted by atomic mass is 10.2. The highest BCUT2D eigenvalue weighted by molar-refractivity contribution is 7.90. The summed E-state index contributed by atoms with van der Waals surface area (Å²) in [5, 5.41) is 5.06. The second-order valence-electron chi connectivity index (χ2n) is 3.85. The summed E-state index contributed by atoms with van der Waals surface area (Å²) in [4.78, 5) is 4.36. The van der Waals surface area contributed by atoms with E-state index in [9.17, 15) is 8.42 Å². The third-order valence-electron chi connectivity index (χ3n) is 2.39. The van der Waals surface area contributed by atoms with Crippen LogP contribution in [-0.2, 0) is 16.4 Å². The Morgan fingerprint density at radius 1 is 1.44 bits per heavy atom. The van der Waals surface area contributed by atoms with Gasteiger partial charge in [0.05, 0.1) is 34.0 Å². The number of nitrogens with two attached hydrogens (primary N) is 1. The lowest BCUT2D eigenvalue weighted by Crippen LogP contribution is -2.04. The zero-order chi connectivity index (χ0) is 13.2. The number of aromatic nitrogens is 1. The van der Waals surface area contributed by atoms with Crippen molar-refractivity contribution in [1.82, 2.24) is 4.98 Å². The third-order valence-corrected chi connectivity index (χ3v) is 4.14. The molecule has 7 heteroatoms. The number of hydrogen-bond acceptors (Lipinski definition) is 6. The number of anilines is 2. The smallest absolute Gasteiger partial charge is 0.175 e. The Morgan fingerprint density at radius 2 is 2.22 bits per heavy atom. The zero-order valence-electron chi connectivity index (χ0n) is 9.75. The van der Waals surface area contributed by atoms with Crippen LogP contribution in [0.4, 0.5) is 11.4 Å². The number of benzene rings is 1. The molecule has 1 aromatic heterocycles. The lowest BCUT2D eigenvalue weighted by molar-refractivity contribution is 0.602. The molecule has 0 saturated heterocycles. The molecule has 0 aliphatic rings. The first-order valence-corrected chi connectivity index (χ1v) is 8.01. The standard InChI is InChI=1S/C11H13N3O2S2/c1-18(15,16)9-2-3-11(10(12)4-9)13-5-8-6-17-7-14-8/h2-4,6-7,13H,5,12H2,1H3. The largest absolute Gasteiger partial charge is 0.397 e. The number of nitrogens with one attached hydrogen (secondary N) is 1. The average Bonchev–Trinajstić information content (AvgIpc) is 2.79. The minimum absolute atomic E-state index is 0.221. The monoisotopic (exact) mass is 283 g/mol. The predicted octanol–water partition coefficient (Wildman–Crippen LogP) is 1.74. The van der Waals surface area contributed by atoms with E-state index in [0.29, 0.717) is 17.9 Å². The quantitative estimate of drug-likeness (QED) is 0.835. The maximum atomic E-state index is 11.4. The molecule has 0 atom stereocenters. The van der Waals surface area contributed by atoms with Crippen LogP contribution in [0.3, 0.4) is 0 Å². The predicted molar refractivity (Wildman–Crippen MR) is 73.4 cm³/mol. The van der Waals surface area contributed by atoms with Crippen molar-refractivity contribution in [2.45, 2.75) is 11.4 Å². The molecule has 0 fully saturated rings. The summed E-state index contributed by atoms with van der Waals surface area (Å²) in [6.07, 6.45) is 1.16. The van der Waals surface area contributed by atoms with Crippen LogP contribution >= 0.6 is 11.3 Å². The Kier molecular flexibility index (Phi) is 3.53. The Bertz CT molecular complexity index is 636. The van der Waals surface area contributed by atoms with E-state index in [1.165, 1.54) is 23.5 Å². The minimum Gasteiger partial charge on any atom is -0.397 e. The topological polar surface area (TPSA) is 85.1 Å². The van der Waals surface area contributed by atoms with E-state index in [1.54, 1.807) is 11.6 Å². The van der Waals surface area contributed by atoms with E-state index < -0.39 is 9.84 Å². The Labute approximate surface area is 110 Å². The van der Waals surface area contributed by atoms with Gasteiger partial charge in [-0.25, -0.2) is 13.4 Å². The summed E-state index contributed by atoms with van der Waals surface area (Å²) in [6.45, 7) is 0.561. The van der Waals surface area contributed by atoms with Crippen molar-refractivity contribution in [3.05, 3.63) is 34.8 Å². The van der Waals surface area contributed by atoms with Crippen molar-refractivity contribution >= 4 is 32.5 Å². The van der Waals surface area contributed by atoms with E-state index >= 15 is 0 Å². The van der Waals surface area contributed by atoms with Crippen molar-refractivity contribution in [1.29, 1.82) is 0 Å². The number of sulfone groups is 1. The molecule has 2 rings (SSSR count). The minimum atomic E-state index is -3.22. The molecule has 5 nitrogen and oxygen atoms in total. The molecule has 0 spiro atoms. The first kappa shape index (κ1) is 12.8. The summed E-state index contributed by atoms with van der Waals surface area (Å²) in [6, 6.07) is 4.66. The summed E-state index contributed by atoms with van der Waals surface area (Å²) in [5.74, 6) is 0. The van der Waals surface area contributed by atoms with Crippen LogP contribution in [0.15, 0.2) is 34.0 Å². The second-order valence-corrected chi connectivity index (χ2v) is 6.59. The molecule has 1 aromatic carbocycles. The van der Waals surface area contributed by atoms with Gasteiger partial charge in [-0.15, -0.1) is 11.3 Å². The molecule has 0 saturated carbocycles. The van der Waals surface area contributed by atoms with Gasteiger partial charge < -0.3 is 11.1 Å². The summed E-state index contributed by atoms with van der Waals surface area (Å²) in [7, 11) is -3.22. The van der Waals surface area contributed by atoms with E-state index in [-0.39, 0.29) is 4.90 Å². The van der Waals surface area contributed by atoms with Crippen molar-refractivity contribution in [2.24, 2.45) is 0 Å². The Morgan fingerprint density at radius 3 is 2.78 bits per heavy atom. The fraction of sp³-hybridized carbons (Fsp3) is 0.182. The first-order valence-electron chi connectivity index (χ1n) is 5.17. The molecule has 0 aliphatic heterocycles. The molecule has 0 unspecified atom stereocenters. The molecule has 2 aromatic rings. The molecule has 3 N–H and O–H groups in total. The molecule has 0 radical (unpaired) electrons. The van der Waals surface area contributed by atoms with Gasteiger partial charge in [0.2, 0.25) is 0 Å². The maximum Gasteiger partial charge on any atom is 0.175 e. The molecular formula is C11H13N3O2S2. The van der Waals surface area contributed by atoms with Gasteiger partial charge in [-0.05, 0) is 18.2 Å². The molecule has 0 amide bonds. The Balaban J connectivity index is 2.15. The van der Waals surface area contributed by atoms with Crippen molar-refractivity contribution in [3.8, 4) is 0 Å². The summed E-state index contributed by atoms with van der Waals surface area (Å²) in [5.41, 5.74) is 9.61. The number of nitrogens with zero attached hydrogens (tertiary/aromatic N) is 1. The highest BCUT2D eigenvalue weighted by Gasteiger charge is 2.09. The van der Waals surface area contributed by atoms with Crippen molar-refractivity contribution < 1.29 is 8.42 Å². The van der Waals surface area contributed by atoms with Gasteiger partial charge in [-0.1, -0.05) is 0 Å². The van der Waals surface area contributed by atoms with Crippen molar-refractivity contribution in [2.75, 3.05) is 17.3 Å². The van der Waals surface area contributed by atoms with Gasteiger partial charge in [0.1, 0.15) is 0 Å². The SMILES string of the molecule is CS(=O)(=O)c1ccc(NCc2cscn2)c(N)c1. The van der Waals surface area contributed by atoms with Crippen LogP contribution < -0.4 is 11.1 Å². The van der Waals surface area contributed by atoms with E-state index in [2.05, 4.69) is 10.3 Å². The Hall–Kier alpha value is -1.60. The molecule has 96 valence electrons. The van der Waals surface area contributed by atoms with Crippen LogP contribution in [0.1, 0.15) is 5.69 Å². The van der Waals surface area contributed by atoms with E-state index in [1.807, 2.05) is 5.38 Å². The number of rotatable bonds is 4. The number of nitrogen functional groups attached to an aromatic ring is 1. The van der Waals surface area contributed by atoms with Gasteiger partial charge in [-0.2, -0.15) is 0 Å². The molecule has 1 heterocycles. The summed E-state index contributed by atoms with van der Waals surface area (Å²) >= 11 is 1.52. The molecule has 18 heavy (non-hydrogen) atoms. The normalized spacial score (nSPS) is 11.4. The van der Waals surface area contributed by atoms with Crippen LogP contribution in [0.2, 0.25) is 0 Å². The third kappa shape index (κ3) is 2.99. The fourth-order valence-corrected chi connectivity index (χ4v) is 2.66. The van der Waals surface area contributed by atoms with E-state index in [0.717, 1.165) is 11.9 Å². The number of hydrogen-bond donors (Lipinski definition) is 2. The van der Waals surface area contributed by atoms with Crippen molar-refractivity contribution in [3.63, 3.8) is 0 Å². The highest BCUT2D eigenvalue weighted by Crippen LogP contribution is 2.23. The molecule has 0 aliphatic carbocycles.